The molecular weight excluding hydrogens is 434 g/mol. The Kier molecular flexibility index (Phi) is 6.75. The summed E-state index contributed by atoms with van der Waals surface area (Å²) in [4.78, 5) is 37.9. The van der Waals surface area contributed by atoms with Crippen molar-refractivity contribution in [3.63, 3.8) is 0 Å². The maximum Gasteiger partial charge on any atom is 0.252 e. The molecule has 2 aromatic rings. The molecule has 3 amide bonds. The molecule has 1 N–H and O–H groups in total. The fraction of sp³-hybridized carbons (Fsp3) is 0.227. The van der Waals surface area contributed by atoms with Crippen LogP contribution in [0.4, 0.5) is 11.4 Å². The molecule has 0 aliphatic carbocycles. The summed E-state index contributed by atoms with van der Waals surface area (Å²) < 4.78 is 32.7. The molecule has 0 aromatic heterocycles. The highest BCUT2D eigenvalue weighted by Crippen LogP contribution is 2.30. The molecule has 9 nitrogen and oxygen atoms in total. The molecule has 0 radical (unpaired) electrons. The standard InChI is InChI=1S/C22H23N3O6S/c1-4-13-24(32(29,30)19-11-5-16(6-12-19)23-15(2)26)20-14-21(27)25(22(20)28)17-7-9-18(31-3)10-8-17/h4-12,20H,1,13-14H2,2-3H3,(H,23,26). The third-order valence-corrected chi connectivity index (χ3v) is 6.78. The minimum absolute atomic E-state index is 0.0726. The second-order valence-corrected chi connectivity index (χ2v) is 8.94. The van der Waals surface area contributed by atoms with Crippen LogP contribution < -0.4 is 15.0 Å². The highest BCUT2D eigenvalue weighted by molar-refractivity contribution is 7.89. The Labute approximate surface area is 186 Å². The zero-order valence-electron chi connectivity index (χ0n) is 17.6. The topological polar surface area (TPSA) is 113 Å². The molecule has 1 unspecified atom stereocenters. The van der Waals surface area contributed by atoms with E-state index in [0.717, 1.165) is 9.21 Å². The van der Waals surface area contributed by atoms with Crippen LogP contribution in [0.25, 0.3) is 0 Å². The van der Waals surface area contributed by atoms with Crippen LogP contribution in [0.15, 0.2) is 66.1 Å². The van der Waals surface area contributed by atoms with Crippen molar-refractivity contribution >= 4 is 39.1 Å². The number of hydrogen-bond acceptors (Lipinski definition) is 6. The number of nitrogens with zero attached hydrogens (tertiary/aromatic N) is 2. The van der Waals surface area contributed by atoms with Gasteiger partial charge in [-0.3, -0.25) is 14.4 Å². The molecule has 10 heteroatoms. The molecule has 168 valence electrons. The van der Waals surface area contributed by atoms with Crippen molar-refractivity contribution in [3.05, 3.63) is 61.2 Å². The van der Waals surface area contributed by atoms with Gasteiger partial charge in [0.15, 0.2) is 0 Å². The number of rotatable bonds is 8. The van der Waals surface area contributed by atoms with Gasteiger partial charge >= 0.3 is 0 Å². The Morgan fingerprint density at radius 3 is 2.34 bits per heavy atom. The highest BCUT2D eigenvalue weighted by atomic mass is 32.2. The molecule has 1 aliphatic rings. The number of anilines is 2. The number of sulfonamides is 1. The van der Waals surface area contributed by atoms with E-state index >= 15 is 0 Å². The van der Waals surface area contributed by atoms with E-state index in [1.807, 2.05) is 0 Å². The van der Waals surface area contributed by atoms with Crippen LogP contribution >= 0.6 is 0 Å². The fourth-order valence-corrected chi connectivity index (χ4v) is 4.96. The van der Waals surface area contributed by atoms with Crippen molar-refractivity contribution in [2.75, 3.05) is 23.9 Å². The van der Waals surface area contributed by atoms with Crippen molar-refractivity contribution in [1.82, 2.24) is 4.31 Å². The summed E-state index contributed by atoms with van der Waals surface area (Å²) in [5.41, 5.74) is 0.767. The van der Waals surface area contributed by atoms with Crippen LogP contribution in [-0.2, 0) is 24.4 Å². The molecule has 0 spiro atoms. The largest absolute Gasteiger partial charge is 0.497 e. The first-order valence-electron chi connectivity index (χ1n) is 9.70. The smallest absolute Gasteiger partial charge is 0.252 e. The number of imide groups is 1. The number of carbonyl (C=O) groups excluding carboxylic acids is 3. The Hall–Kier alpha value is -3.50. The number of carbonyl (C=O) groups is 3. The van der Waals surface area contributed by atoms with Crippen molar-refractivity contribution in [1.29, 1.82) is 0 Å². The lowest BCUT2D eigenvalue weighted by molar-refractivity contribution is -0.122. The highest BCUT2D eigenvalue weighted by Gasteiger charge is 2.46. The lowest BCUT2D eigenvalue weighted by atomic mass is 10.2. The molecule has 1 heterocycles. The Morgan fingerprint density at radius 2 is 1.81 bits per heavy atom. The Balaban J connectivity index is 1.91. The van der Waals surface area contributed by atoms with E-state index in [1.165, 1.54) is 44.4 Å². The van der Waals surface area contributed by atoms with E-state index in [9.17, 15) is 22.8 Å². The van der Waals surface area contributed by atoms with E-state index < -0.39 is 27.9 Å². The molecule has 0 saturated carbocycles. The van der Waals surface area contributed by atoms with E-state index in [0.29, 0.717) is 17.1 Å². The van der Waals surface area contributed by atoms with Crippen LogP contribution in [-0.4, -0.2) is 50.1 Å². The van der Waals surface area contributed by atoms with Gasteiger partial charge in [-0.05, 0) is 48.5 Å². The maximum atomic E-state index is 13.3. The third kappa shape index (κ3) is 4.56. The lowest BCUT2D eigenvalue weighted by Crippen LogP contribution is -2.45. The minimum Gasteiger partial charge on any atom is -0.497 e. The maximum absolute atomic E-state index is 13.3. The van der Waals surface area contributed by atoms with E-state index in [1.54, 1.807) is 24.3 Å². The molecule has 32 heavy (non-hydrogen) atoms. The molecule has 1 atom stereocenters. The normalized spacial score (nSPS) is 16.3. The van der Waals surface area contributed by atoms with Gasteiger partial charge < -0.3 is 10.1 Å². The number of methoxy groups -OCH3 is 1. The zero-order chi connectivity index (χ0) is 23.5. The number of ether oxygens (including phenoxy) is 1. The molecule has 1 aliphatic heterocycles. The third-order valence-electron chi connectivity index (χ3n) is 4.89. The van der Waals surface area contributed by atoms with Crippen molar-refractivity contribution in [3.8, 4) is 5.75 Å². The Bertz CT molecular complexity index is 1140. The van der Waals surface area contributed by atoms with Gasteiger partial charge in [0.25, 0.3) is 5.91 Å². The summed E-state index contributed by atoms with van der Waals surface area (Å²) in [6.07, 6.45) is 1.07. The molecule has 1 saturated heterocycles. The molecular formula is C22H23N3O6S. The summed E-state index contributed by atoms with van der Waals surface area (Å²) in [5, 5.41) is 2.56. The predicted molar refractivity (Wildman–Crippen MR) is 119 cm³/mol. The van der Waals surface area contributed by atoms with E-state index in [4.69, 9.17) is 4.74 Å². The quantitative estimate of drug-likeness (QED) is 0.480. The van der Waals surface area contributed by atoms with Gasteiger partial charge in [-0.25, -0.2) is 13.3 Å². The number of benzene rings is 2. The summed E-state index contributed by atoms with van der Waals surface area (Å²) in [6, 6.07) is 10.7. The van der Waals surface area contributed by atoms with Gasteiger partial charge in [0, 0.05) is 19.2 Å². The summed E-state index contributed by atoms with van der Waals surface area (Å²) >= 11 is 0. The number of hydrogen-bond donors (Lipinski definition) is 1. The van der Waals surface area contributed by atoms with Crippen LogP contribution in [0.1, 0.15) is 13.3 Å². The minimum atomic E-state index is -4.13. The zero-order valence-corrected chi connectivity index (χ0v) is 18.5. The summed E-state index contributed by atoms with van der Waals surface area (Å²) in [6.45, 7) is 4.77. The van der Waals surface area contributed by atoms with E-state index in [-0.39, 0.29) is 23.8 Å². The lowest BCUT2D eigenvalue weighted by Gasteiger charge is -2.25. The van der Waals surface area contributed by atoms with Crippen LogP contribution in [0, 0.1) is 0 Å². The second kappa shape index (κ2) is 9.33. The number of nitrogens with one attached hydrogen (secondary N) is 1. The van der Waals surface area contributed by atoms with Crippen molar-refractivity contribution < 1.29 is 27.5 Å². The molecule has 1 fully saturated rings. The first-order chi connectivity index (χ1) is 15.2. The van der Waals surface area contributed by atoms with Crippen LogP contribution in [0.5, 0.6) is 5.75 Å². The molecule has 3 rings (SSSR count). The van der Waals surface area contributed by atoms with Gasteiger partial charge in [-0.2, -0.15) is 4.31 Å². The van der Waals surface area contributed by atoms with Gasteiger partial charge in [-0.15, -0.1) is 6.58 Å². The summed E-state index contributed by atoms with van der Waals surface area (Å²) in [7, 11) is -2.64. The van der Waals surface area contributed by atoms with Crippen molar-refractivity contribution in [2.24, 2.45) is 0 Å². The average molecular weight is 458 g/mol. The predicted octanol–water partition coefficient (Wildman–Crippen LogP) is 2.16. The SMILES string of the molecule is C=CCN(C1CC(=O)N(c2ccc(OC)cc2)C1=O)S(=O)(=O)c1ccc(NC(C)=O)cc1. The Morgan fingerprint density at radius 1 is 1.19 bits per heavy atom. The first kappa shape index (κ1) is 23.2. The monoisotopic (exact) mass is 457 g/mol. The average Bonchev–Trinajstić information content (AvgIpc) is 3.05. The number of amides is 3. The fourth-order valence-electron chi connectivity index (χ4n) is 3.41. The van der Waals surface area contributed by atoms with Crippen molar-refractivity contribution in [2.45, 2.75) is 24.3 Å². The van der Waals surface area contributed by atoms with Crippen LogP contribution in [0.2, 0.25) is 0 Å². The second-order valence-electron chi connectivity index (χ2n) is 7.05. The van der Waals surface area contributed by atoms with Gasteiger partial charge in [-0.1, -0.05) is 6.08 Å². The van der Waals surface area contributed by atoms with Gasteiger partial charge in [0.1, 0.15) is 11.8 Å². The summed E-state index contributed by atoms with van der Waals surface area (Å²) in [5.74, 6) is -0.874. The van der Waals surface area contributed by atoms with Crippen LogP contribution in [0.3, 0.4) is 0 Å². The van der Waals surface area contributed by atoms with E-state index in [2.05, 4.69) is 11.9 Å². The first-order valence-corrected chi connectivity index (χ1v) is 11.1. The van der Waals surface area contributed by atoms with Gasteiger partial charge in [0.2, 0.25) is 21.8 Å². The molecule has 2 aromatic carbocycles. The molecule has 0 bridgehead atoms. The van der Waals surface area contributed by atoms with Gasteiger partial charge in [0.05, 0.1) is 24.1 Å².